The van der Waals surface area contributed by atoms with E-state index in [1.54, 1.807) is 0 Å². The van der Waals surface area contributed by atoms with Crippen LogP contribution in [0.1, 0.15) is 46.5 Å². The van der Waals surface area contributed by atoms with E-state index < -0.39 is 0 Å². The highest BCUT2D eigenvalue weighted by molar-refractivity contribution is 4.78. The van der Waals surface area contributed by atoms with Gasteiger partial charge in [0.1, 0.15) is 0 Å². The molecule has 0 saturated heterocycles. The maximum absolute atomic E-state index is 5.83. The molecule has 0 bridgehead atoms. The molecular formula is C12H25NO. The molecule has 0 atom stereocenters. The molecule has 1 aliphatic rings. The first-order chi connectivity index (χ1) is 6.63. The van der Waals surface area contributed by atoms with Crippen molar-refractivity contribution < 1.29 is 4.74 Å². The van der Waals surface area contributed by atoms with Gasteiger partial charge in [-0.3, -0.25) is 0 Å². The fraction of sp³-hybridized carbons (Fsp3) is 1.00. The van der Waals surface area contributed by atoms with Crippen molar-refractivity contribution in [3.05, 3.63) is 0 Å². The monoisotopic (exact) mass is 199 g/mol. The summed E-state index contributed by atoms with van der Waals surface area (Å²) in [6.07, 6.45) is 6.01. The third kappa shape index (κ3) is 3.58. The third-order valence-electron chi connectivity index (χ3n) is 3.23. The molecule has 0 aromatic rings. The van der Waals surface area contributed by atoms with Crippen LogP contribution in [0.15, 0.2) is 0 Å². The van der Waals surface area contributed by atoms with E-state index >= 15 is 0 Å². The van der Waals surface area contributed by atoms with Gasteiger partial charge in [0, 0.05) is 6.04 Å². The summed E-state index contributed by atoms with van der Waals surface area (Å²) in [6.45, 7) is 7.66. The van der Waals surface area contributed by atoms with Crippen molar-refractivity contribution in [3.63, 3.8) is 0 Å². The van der Waals surface area contributed by atoms with Crippen LogP contribution < -0.4 is 0 Å². The number of ether oxygens (including phenoxy) is 1. The minimum absolute atomic E-state index is 0.389. The Balaban J connectivity index is 2.24. The smallest absolute Gasteiger partial charge is 0.0579 e. The Kier molecular flexibility index (Phi) is 4.90. The lowest BCUT2D eigenvalue weighted by Gasteiger charge is -2.34. The van der Waals surface area contributed by atoms with E-state index in [2.05, 4.69) is 32.7 Å². The van der Waals surface area contributed by atoms with E-state index in [9.17, 15) is 0 Å². The summed E-state index contributed by atoms with van der Waals surface area (Å²) in [4.78, 5) is 2.46. The van der Waals surface area contributed by atoms with Gasteiger partial charge in [-0.15, -0.1) is 0 Å². The molecule has 0 aliphatic heterocycles. The van der Waals surface area contributed by atoms with Crippen molar-refractivity contribution in [3.8, 4) is 0 Å². The molecule has 1 fully saturated rings. The predicted molar refractivity (Wildman–Crippen MR) is 60.6 cm³/mol. The Bertz CT molecular complexity index is 150. The molecule has 14 heavy (non-hydrogen) atoms. The molecule has 0 spiro atoms. The fourth-order valence-corrected chi connectivity index (χ4v) is 2.27. The van der Waals surface area contributed by atoms with Crippen LogP contribution in [0.25, 0.3) is 0 Å². The molecule has 1 aliphatic carbocycles. The molecule has 0 aromatic heterocycles. The van der Waals surface area contributed by atoms with Gasteiger partial charge in [0.05, 0.1) is 12.2 Å². The molecular weight excluding hydrogens is 174 g/mol. The van der Waals surface area contributed by atoms with Crippen LogP contribution >= 0.6 is 0 Å². The first-order valence-corrected chi connectivity index (χ1v) is 5.99. The first kappa shape index (κ1) is 12.0. The van der Waals surface area contributed by atoms with Crippen LogP contribution in [0.2, 0.25) is 0 Å². The Morgan fingerprint density at radius 2 is 1.79 bits per heavy atom. The zero-order valence-electron chi connectivity index (χ0n) is 10.1. The second kappa shape index (κ2) is 5.72. The number of nitrogens with zero attached hydrogens (tertiary/aromatic N) is 1. The van der Waals surface area contributed by atoms with Crippen LogP contribution in [-0.4, -0.2) is 36.7 Å². The van der Waals surface area contributed by atoms with Crippen LogP contribution in [0.4, 0.5) is 0 Å². The van der Waals surface area contributed by atoms with Crippen LogP contribution in [0.5, 0.6) is 0 Å². The average Bonchev–Trinajstić information content (AvgIpc) is 2.17. The second-order valence-electron chi connectivity index (χ2n) is 4.69. The van der Waals surface area contributed by atoms with Crippen molar-refractivity contribution in [2.75, 3.05) is 13.6 Å². The van der Waals surface area contributed by atoms with Crippen molar-refractivity contribution in [1.29, 1.82) is 0 Å². The van der Waals surface area contributed by atoms with E-state index in [-0.39, 0.29) is 0 Å². The largest absolute Gasteiger partial charge is 0.376 e. The van der Waals surface area contributed by atoms with Crippen LogP contribution in [-0.2, 0) is 4.74 Å². The molecule has 2 heteroatoms. The lowest BCUT2D eigenvalue weighted by Crippen LogP contribution is -2.37. The average molecular weight is 199 g/mol. The minimum atomic E-state index is 0.389. The van der Waals surface area contributed by atoms with E-state index in [1.165, 1.54) is 32.2 Å². The molecule has 0 heterocycles. The summed E-state index contributed by atoms with van der Waals surface area (Å²) in [5, 5.41) is 0. The standard InChI is InChI=1S/C12H25NO/c1-5-13(4)11-6-8-12(9-7-11)14-10(2)3/h10-12H,5-9H2,1-4H3/t11-,12-. The zero-order chi connectivity index (χ0) is 10.6. The van der Waals surface area contributed by atoms with Gasteiger partial charge < -0.3 is 9.64 Å². The highest BCUT2D eigenvalue weighted by Crippen LogP contribution is 2.24. The first-order valence-electron chi connectivity index (χ1n) is 5.99. The Labute approximate surface area is 88.6 Å². The number of hydrogen-bond acceptors (Lipinski definition) is 2. The summed E-state index contributed by atoms with van der Waals surface area (Å²) in [5.41, 5.74) is 0. The van der Waals surface area contributed by atoms with Gasteiger partial charge in [-0.25, -0.2) is 0 Å². The van der Waals surface area contributed by atoms with E-state index in [0.29, 0.717) is 12.2 Å². The SMILES string of the molecule is CCN(C)[C@H]1CC[C@H](OC(C)C)CC1. The van der Waals surface area contributed by atoms with E-state index in [4.69, 9.17) is 4.74 Å². The van der Waals surface area contributed by atoms with Gasteiger partial charge in [-0.2, -0.15) is 0 Å². The Morgan fingerprint density at radius 1 is 1.21 bits per heavy atom. The van der Waals surface area contributed by atoms with Gasteiger partial charge in [0.25, 0.3) is 0 Å². The normalized spacial score (nSPS) is 28.7. The maximum Gasteiger partial charge on any atom is 0.0579 e. The van der Waals surface area contributed by atoms with Crippen LogP contribution in [0.3, 0.4) is 0 Å². The summed E-state index contributed by atoms with van der Waals surface area (Å²) in [6, 6.07) is 0.798. The fourth-order valence-electron chi connectivity index (χ4n) is 2.27. The van der Waals surface area contributed by atoms with Crippen molar-refractivity contribution in [1.82, 2.24) is 4.90 Å². The quantitative estimate of drug-likeness (QED) is 0.690. The molecule has 2 nitrogen and oxygen atoms in total. The number of hydrogen-bond donors (Lipinski definition) is 0. The highest BCUT2D eigenvalue weighted by Gasteiger charge is 2.23. The Morgan fingerprint density at radius 3 is 2.21 bits per heavy atom. The van der Waals surface area contributed by atoms with Gasteiger partial charge in [0.2, 0.25) is 0 Å². The van der Waals surface area contributed by atoms with Crippen molar-refractivity contribution >= 4 is 0 Å². The van der Waals surface area contributed by atoms with Crippen molar-refractivity contribution in [2.24, 2.45) is 0 Å². The summed E-state index contributed by atoms with van der Waals surface area (Å²) in [5.74, 6) is 0. The van der Waals surface area contributed by atoms with Gasteiger partial charge in [-0.05, 0) is 53.1 Å². The minimum Gasteiger partial charge on any atom is -0.376 e. The molecule has 1 rings (SSSR count). The molecule has 0 N–H and O–H groups in total. The maximum atomic E-state index is 5.83. The molecule has 1 saturated carbocycles. The summed E-state index contributed by atoms with van der Waals surface area (Å²) in [7, 11) is 2.23. The van der Waals surface area contributed by atoms with Crippen LogP contribution in [0, 0.1) is 0 Å². The molecule has 84 valence electrons. The predicted octanol–water partition coefficient (Wildman–Crippen LogP) is 2.67. The molecule has 0 aromatic carbocycles. The topological polar surface area (TPSA) is 12.5 Å². The zero-order valence-corrected chi connectivity index (χ0v) is 10.1. The van der Waals surface area contributed by atoms with Gasteiger partial charge >= 0.3 is 0 Å². The second-order valence-corrected chi connectivity index (χ2v) is 4.69. The van der Waals surface area contributed by atoms with E-state index in [0.717, 1.165) is 6.04 Å². The number of rotatable bonds is 4. The molecule has 0 radical (unpaired) electrons. The van der Waals surface area contributed by atoms with Gasteiger partial charge in [0.15, 0.2) is 0 Å². The van der Waals surface area contributed by atoms with Crippen molar-refractivity contribution in [2.45, 2.75) is 64.7 Å². The summed E-state index contributed by atoms with van der Waals surface area (Å²) < 4.78 is 5.83. The third-order valence-corrected chi connectivity index (χ3v) is 3.23. The molecule has 0 unspecified atom stereocenters. The molecule has 0 amide bonds. The Hall–Kier alpha value is -0.0800. The van der Waals surface area contributed by atoms with E-state index in [1.807, 2.05) is 0 Å². The van der Waals surface area contributed by atoms with Gasteiger partial charge in [-0.1, -0.05) is 6.92 Å². The highest BCUT2D eigenvalue weighted by atomic mass is 16.5. The lowest BCUT2D eigenvalue weighted by atomic mass is 9.92. The lowest BCUT2D eigenvalue weighted by molar-refractivity contribution is -0.0238. The summed E-state index contributed by atoms with van der Waals surface area (Å²) >= 11 is 0.